The lowest BCUT2D eigenvalue weighted by Crippen LogP contribution is -2.60. The molecule has 0 saturated carbocycles. The van der Waals surface area contributed by atoms with Crippen molar-refractivity contribution in [1.82, 2.24) is 0 Å². The lowest BCUT2D eigenvalue weighted by Gasteiger charge is -2.42. The highest BCUT2D eigenvalue weighted by atomic mass is 32.2. The molecule has 0 aromatic carbocycles. The smallest absolute Gasteiger partial charge is 0.303 e. The maximum atomic E-state index is 11.3. The van der Waals surface area contributed by atoms with Gasteiger partial charge in [-0.3, -0.25) is 14.4 Å². The maximum absolute atomic E-state index is 11.3. The number of carbonyl (C=O) groups excluding carboxylic acids is 3. The summed E-state index contributed by atoms with van der Waals surface area (Å²) < 4.78 is 20.7. The molecule has 134 valence electrons. The van der Waals surface area contributed by atoms with Crippen LogP contribution in [0, 0.1) is 11.3 Å². The molecular weight excluding hydrogens is 342 g/mol. The third-order valence-electron chi connectivity index (χ3n) is 2.98. The largest absolute Gasteiger partial charge is 0.463 e. The van der Waals surface area contributed by atoms with Gasteiger partial charge in [0.05, 0.1) is 11.8 Å². The van der Waals surface area contributed by atoms with Crippen LogP contribution >= 0.6 is 11.8 Å². The lowest BCUT2D eigenvalue weighted by atomic mass is 9.99. The van der Waals surface area contributed by atoms with Gasteiger partial charge >= 0.3 is 17.9 Å². The SMILES string of the molecule is CC(=O)OC[C@H]1O[C@H](SCC#N)[C@@H](O)[C@@H](OC(C)=O)[C@@H]1OC(C)=O. The van der Waals surface area contributed by atoms with Gasteiger partial charge in [0.25, 0.3) is 0 Å². The molecule has 0 amide bonds. The van der Waals surface area contributed by atoms with Crippen LogP contribution < -0.4 is 0 Å². The van der Waals surface area contributed by atoms with Crippen molar-refractivity contribution >= 4 is 29.7 Å². The third kappa shape index (κ3) is 5.99. The molecule has 0 aliphatic carbocycles. The number of hydrogen-bond donors (Lipinski definition) is 1. The molecule has 0 aromatic heterocycles. The number of nitriles is 1. The highest BCUT2D eigenvalue weighted by molar-refractivity contribution is 8.00. The summed E-state index contributed by atoms with van der Waals surface area (Å²) in [7, 11) is 0. The van der Waals surface area contributed by atoms with Gasteiger partial charge in [-0.1, -0.05) is 0 Å². The van der Waals surface area contributed by atoms with Crippen LogP contribution in [0.25, 0.3) is 0 Å². The molecule has 1 aliphatic rings. The van der Waals surface area contributed by atoms with Crippen molar-refractivity contribution in [3.05, 3.63) is 0 Å². The molecule has 5 atom stereocenters. The minimum absolute atomic E-state index is 0.0209. The molecule has 1 N–H and O–H groups in total. The molecule has 0 bridgehead atoms. The van der Waals surface area contributed by atoms with Gasteiger partial charge in [-0.15, -0.1) is 11.8 Å². The van der Waals surface area contributed by atoms with E-state index in [4.69, 9.17) is 24.2 Å². The standard InChI is InChI=1S/C14H19NO8S/c1-7(16)20-6-10-12(21-8(2)17)13(22-9(3)18)11(19)14(23-10)24-5-4-15/h10-14,19H,5-6H2,1-3H3/t10-,11+,12-,13-,14-/m1/s1. The van der Waals surface area contributed by atoms with E-state index in [9.17, 15) is 19.5 Å². The molecule has 1 rings (SSSR count). The van der Waals surface area contributed by atoms with E-state index in [-0.39, 0.29) is 12.4 Å². The van der Waals surface area contributed by atoms with Crippen molar-refractivity contribution in [2.24, 2.45) is 0 Å². The van der Waals surface area contributed by atoms with E-state index in [2.05, 4.69) is 0 Å². The first-order valence-corrected chi connectivity index (χ1v) is 8.11. The minimum Gasteiger partial charge on any atom is -0.463 e. The molecule has 9 nitrogen and oxygen atoms in total. The Labute approximate surface area is 143 Å². The summed E-state index contributed by atoms with van der Waals surface area (Å²) in [4.78, 5) is 33.7. The number of hydrogen-bond acceptors (Lipinski definition) is 10. The molecule has 0 spiro atoms. The summed E-state index contributed by atoms with van der Waals surface area (Å²) in [6.07, 6.45) is -4.65. The average molecular weight is 361 g/mol. The summed E-state index contributed by atoms with van der Waals surface area (Å²) >= 11 is 0.990. The number of aliphatic hydroxyl groups excluding tert-OH is 1. The van der Waals surface area contributed by atoms with Crippen LogP contribution in [0.1, 0.15) is 20.8 Å². The quantitative estimate of drug-likeness (QED) is 0.499. The second-order valence-electron chi connectivity index (χ2n) is 4.95. The highest BCUT2D eigenvalue weighted by Gasteiger charge is 2.49. The number of rotatable bonds is 6. The molecule has 1 fully saturated rings. The number of aliphatic hydroxyl groups is 1. The second-order valence-corrected chi connectivity index (χ2v) is 6.04. The molecular formula is C14H19NO8S. The predicted octanol–water partition coefficient (Wildman–Crippen LogP) is -0.245. The highest BCUT2D eigenvalue weighted by Crippen LogP contribution is 2.32. The lowest BCUT2D eigenvalue weighted by molar-refractivity contribution is -0.231. The maximum Gasteiger partial charge on any atom is 0.303 e. The number of esters is 3. The first-order chi connectivity index (χ1) is 11.3. The molecule has 0 aromatic rings. The first kappa shape index (κ1) is 20.2. The first-order valence-electron chi connectivity index (χ1n) is 7.06. The Hall–Kier alpha value is -1.83. The van der Waals surface area contributed by atoms with Crippen LogP contribution in [-0.2, 0) is 33.3 Å². The zero-order valence-electron chi connectivity index (χ0n) is 13.5. The number of carbonyl (C=O) groups is 3. The number of thioether (sulfide) groups is 1. The van der Waals surface area contributed by atoms with Crippen LogP contribution in [0.4, 0.5) is 0 Å². The van der Waals surface area contributed by atoms with E-state index in [0.717, 1.165) is 25.6 Å². The van der Waals surface area contributed by atoms with Gasteiger partial charge in [0.15, 0.2) is 12.2 Å². The van der Waals surface area contributed by atoms with E-state index in [1.54, 1.807) is 0 Å². The summed E-state index contributed by atoms with van der Waals surface area (Å²) in [6, 6.07) is 1.89. The van der Waals surface area contributed by atoms with Crippen molar-refractivity contribution in [2.45, 2.75) is 50.6 Å². The summed E-state index contributed by atoms with van der Waals surface area (Å²) in [5.74, 6) is -1.92. The molecule has 1 aliphatic heterocycles. The van der Waals surface area contributed by atoms with Crippen molar-refractivity contribution in [3.63, 3.8) is 0 Å². The van der Waals surface area contributed by atoms with Gasteiger partial charge in [-0.2, -0.15) is 5.26 Å². The van der Waals surface area contributed by atoms with Crippen molar-refractivity contribution in [3.8, 4) is 6.07 Å². The van der Waals surface area contributed by atoms with Crippen LogP contribution in [0.3, 0.4) is 0 Å². The monoisotopic (exact) mass is 361 g/mol. The second kappa shape index (κ2) is 9.46. The summed E-state index contributed by atoms with van der Waals surface area (Å²) in [5.41, 5.74) is -0.915. The van der Waals surface area contributed by atoms with Gasteiger partial charge in [0.1, 0.15) is 24.3 Å². The van der Waals surface area contributed by atoms with Gasteiger partial charge in [-0.05, 0) is 0 Å². The van der Waals surface area contributed by atoms with Gasteiger partial charge in [-0.25, -0.2) is 0 Å². The Kier molecular flexibility index (Phi) is 7.97. The minimum atomic E-state index is -1.33. The third-order valence-corrected chi connectivity index (χ3v) is 4.00. The Morgan fingerprint density at radius 3 is 2.21 bits per heavy atom. The van der Waals surface area contributed by atoms with E-state index in [1.807, 2.05) is 6.07 Å². The van der Waals surface area contributed by atoms with Crippen LogP contribution in [0.2, 0.25) is 0 Å². The molecule has 10 heteroatoms. The van der Waals surface area contributed by atoms with Crippen LogP contribution in [0.15, 0.2) is 0 Å². The molecule has 0 unspecified atom stereocenters. The van der Waals surface area contributed by atoms with Gasteiger partial charge < -0.3 is 24.1 Å². The fraction of sp³-hybridized carbons (Fsp3) is 0.714. The van der Waals surface area contributed by atoms with Gasteiger partial charge in [0.2, 0.25) is 0 Å². The normalized spacial score (nSPS) is 29.2. The van der Waals surface area contributed by atoms with Crippen molar-refractivity contribution in [1.29, 1.82) is 5.26 Å². The van der Waals surface area contributed by atoms with Gasteiger partial charge in [0, 0.05) is 20.8 Å². The van der Waals surface area contributed by atoms with E-state index in [0.29, 0.717) is 0 Å². The molecule has 24 heavy (non-hydrogen) atoms. The Morgan fingerprint density at radius 1 is 1.12 bits per heavy atom. The Morgan fingerprint density at radius 2 is 1.71 bits per heavy atom. The van der Waals surface area contributed by atoms with E-state index in [1.165, 1.54) is 6.92 Å². The summed E-state index contributed by atoms with van der Waals surface area (Å²) in [5, 5.41) is 19.0. The number of nitrogens with zero attached hydrogens (tertiary/aromatic N) is 1. The molecule has 1 heterocycles. The zero-order chi connectivity index (χ0) is 18.3. The Balaban J connectivity index is 3.04. The fourth-order valence-electron chi connectivity index (χ4n) is 2.14. The summed E-state index contributed by atoms with van der Waals surface area (Å²) in [6.45, 7) is 3.23. The van der Waals surface area contributed by atoms with E-state index < -0.39 is 47.8 Å². The van der Waals surface area contributed by atoms with Crippen molar-refractivity contribution < 1.29 is 38.4 Å². The number of ether oxygens (including phenoxy) is 4. The fourth-order valence-corrected chi connectivity index (χ4v) is 2.96. The van der Waals surface area contributed by atoms with Crippen LogP contribution in [0.5, 0.6) is 0 Å². The van der Waals surface area contributed by atoms with E-state index >= 15 is 0 Å². The van der Waals surface area contributed by atoms with Crippen molar-refractivity contribution in [2.75, 3.05) is 12.4 Å². The topological polar surface area (TPSA) is 132 Å². The molecule has 1 saturated heterocycles. The average Bonchev–Trinajstić information content (AvgIpc) is 2.48. The Bertz CT molecular complexity index is 519. The molecule has 0 radical (unpaired) electrons. The van der Waals surface area contributed by atoms with Crippen LogP contribution in [-0.4, -0.2) is 65.2 Å². The zero-order valence-corrected chi connectivity index (χ0v) is 14.3. The predicted molar refractivity (Wildman–Crippen MR) is 80.5 cm³/mol.